The Morgan fingerprint density at radius 2 is 1.95 bits per heavy atom. The maximum Gasteiger partial charge on any atom is 0.287 e. The van der Waals surface area contributed by atoms with E-state index in [1.54, 1.807) is 4.90 Å². The van der Waals surface area contributed by atoms with Crippen LogP contribution >= 0.6 is 0 Å². The van der Waals surface area contributed by atoms with Gasteiger partial charge in [-0.25, -0.2) is 4.98 Å². The number of hydrogen-bond donors (Lipinski definition) is 1. The molecule has 122 valence electrons. The van der Waals surface area contributed by atoms with Gasteiger partial charge in [0.2, 0.25) is 0 Å². The van der Waals surface area contributed by atoms with E-state index >= 15 is 0 Å². The van der Waals surface area contributed by atoms with E-state index in [1.807, 2.05) is 25.3 Å². The SMILES string of the molecule is CCCNC(=O)c1nc(C(=O)N(CC)CC)c2n1CCCC2. The van der Waals surface area contributed by atoms with Crippen LogP contribution in [0, 0.1) is 0 Å². The molecule has 0 unspecified atom stereocenters. The lowest BCUT2D eigenvalue weighted by molar-refractivity contribution is 0.0766. The fraction of sp³-hybridized carbons (Fsp3) is 0.688. The highest BCUT2D eigenvalue weighted by atomic mass is 16.2. The van der Waals surface area contributed by atoms with Crippen molar-refractivity contribution in [3.05, 3.63) is 17.2 Å². The first kappa shape index (κ1) is 16.5. The standard InChI is InChI=1S/C16H26N4O2/c1-4-10-17-15(21)14-18-13(16(22)19(5-2)6-3)12-9-7-8-11-20(12)14/h4-11H2,1-3H3,(H,17,21). The van der Waals surface area contributed by atoms with Crippen LogP contribution in [0.4, 0.5) is 0 Å². The Labute approximate surface area is 131 Å². The van der Waals surface area contributed by atoms with E-state index in [2.05, 4.69) is 10.3 Å². The molecule has 1 N–H and O–H groups in total. The molecule has 0 fully saturated rings. The highest BCUT2D eigenvalue weighted by Gasteiger charge is 2.28. The first-order chi connectivity index (χ1) is 10.6. The van der Waals surface area contributed by atoms with E-state index in [9.17, 15) is 9.59 Å². The topological polar surface area (TPSA) is 67.2 Å². The summed E-state index contributed by atoms with van der Waals surface area (Å²) in [4.78, 5) is 31.1. The number of fused-ring (bicyclic) bond motifs is 1. The number of aromatic nitrogens is 2. The lowest BCUT2D eigenvalue weighted by atomic mass is 10.1. The number of imidazole rings is 1. The molecule has 0 atom stereocenters. The van der Waals surface area contributed by atoms with Gasteiger partial charge >= 0.3 is 0 Å². The van der Waals surface area contributed by atoms with Crippen LogP contribution in [0.25, 0.3) is 0 Å². The van der Waals surface area contributed by atoms with E-state index < -0.39 is 0 Å². The van der Waals surface area contributed by atoms with Crippen molar-refractivity contribution in [1.82, 2.24) is 19.8 Å². The van der Waals surface area contributed by atoms with Gasteiger partial charge in [-0.05, 0) is 39.5 Å². The summed E-state index contributed by atoms with van der Waals surface area (Å²) in [6.07, 6.45) is 3.76. The number of nitrogens with one attached hydrogen (secondary N) is 1. The zero-order chi connectivity index (χ0) is 16.1. The monoisotopic (exact) mass is 306 g/mol. The fourth-order valence-corrected chi connectivity index (χ4v) is 2.87. The van der Waals surface area contributed by atoms with Gasteiger partial charge in [-0.1, -0.05) is 6.92 Å². The van der Waals surface area contributed by atoms with Crippen molar-refractivity contribution >= 4 is 11.8 Å². The summed E-state index contributed by atoms with van der Waals surface area (Å²) in [5, 5.41) is 2.86. The van der Waals surface area contributed by atoms with Gasteiger partial charge in [-0.2, -0.15) is 0 Å². The first-order valence-corrected chi connectivity index (χ1v) is 8.30. The second-order valence-corrected chi connectivity index (χ2v) is 5.57. The number of carbonyl (C=O) groups excluding carboxylic acids is 2. The molecule has 0 aliphatic carbocycles. The van der Waals surface area contributed by atoms with Gasteiger partial charge in [-0.3, -0.25) is 9.59 Å². The quantitative estimate of drug-likeness (QED) is 0.872. The van der Waals surface area contributed by atoms with Gasteiger partial charge in [-0.15, -0.1) is 0 Å². The van der Waals surface area contributed by atoms with Crippen molar-refractivity contribution in [2.75, 3.05) is 19.6 Å². The highest BCUT2D eigenvalue weighted by molar-refractivity contribution is 5.97. The van der Waals surface area contributed by atoms with Crippen molar-refractivity contribution in [2.24, 2.45) is 0 Å². The summed E-state index contributed by atoms with van der Waals surface area (Å²) in [6, 6.07) is 0. The molecule has 0 saturated carbocycles. The summed E-state index contributed by atoms with van der Waals surface area (Å²) < 4.78 is 1.94. The molecule has 0 radical (unpaired) electrons. The molecule has 6 heteroatoms. The average Bonchev–Trinajstić information content (AvgIpc) is 2.93. The minimum absolute atomic E-state index is 0.0646. The van der Waals surface area contributed by atoms with Crippen molar-refractivity contribution in [1.29, 1.82) is 0 Å². The van der Waals surface area contributed by atoms with Crippen LogP contribution in [0.1, 0.15) is 66.8 Å². The first-order valence-electron chi connectivity index (χ1n) is 8.30. The molecule has 6 nitrogen and oxygen atoms in total. The van der Waals surface area contributed by atoms with Crippen LogP contribution in [-0.4, -0.2) is 45.9 Å². The largest absolute Gasteiger partial charge is 0.349 e. The Kier molecular flexibility index (Phi) is 5.57. The second-order valence-electron chi connectivity index (χ2n) is 5.57. The van der Waals surface area contributed by atoms with E-state index in [4.69, 9.17) is 0 Å². The van der Waals surface area contributed by atoms with Gasteiger partial charge in [0.25, 0.3) is 11.8 Å². The lowest BCUT2D eigenvalue weighted by Crippen LogP contribution is -2.31. The zero-order valence-corrected chi connectivity index (χ0v) is 13.8. The van der Waals surface area contributed by atoms with E-state index in [-0.39, 0.29) is 11.8 Å². The molecule has 2 amide bonds. The molecule has 0 aromatic carbocycles. The van der Waals surface area contributed by atoms with E-state index in [0.717, 1.165) is 37.9 Å². The van der Waals surface area contributed by atoms with Gasteiger partial charge in [0, 0.05) is 26.2 Å². The smallest absolute Gasteiger partial charge is 0.287 e. The van der Waals surface area contributed by atoms with Crippen LogP contribution < -0.4 is 5.32 Å². The molecular weight excluding hydrogens is 280 g/mol. The number of carbonyl (C=O) groups is 2. The summed E-state index contributed by atoms with van der Waals surface area (Å²) >= 11 is 0. The third-order valence-electron chi connectivity index (χ3n) is 4.11. The van der Waals surface area contributed by atoms with Gasteiger partial charge in [0.15, 0.2) is 5.82 Å². The molecule has 0 saturated heterocycles. The molecule has 0 bridgehead atoms. The third kappa shape index (κ3) is 3.15. The predicted molar refractivity (Wildman–Crippen MR) is 85.0 cm³/mol. The maximum absolute atomic E-state index is 12.6. The van der Waals surface area contributed by atoms with Gasteiger partial charge < -0.3 is 14.8 Å². The second kappa shape index (κ2) is 7.42. The Balaban J connectivity index is 2.37. The minimum atomic E-state index is -0.177. The molecule has 22 heavy (non-hydrogen) atoms. The maximum atomic E-state index is 12.6. The van der Waals surface area contributed by atoms with E-state index in [0.29, 0.717) is 31.2 Å². The normalized spacial score (nSPS) is 13.6. The predicted octanol–water partition coefficient (Wildman–Crippen LogP) is 1.84. The van der Waals surface area contributed by atoms with Crippen LogP contribution in [0.3, 0.4) is 0 Å². The Morgan fingerprint density at radius 3 is 2.59 bits per heavy atom. The Bertz CT molecular complexity index is 547. The molecule has 1 aromatic heterocycles. The van der Waals surface area contributed by atoms with Crippen molar-refractivity contribution in [2.45, 2.75) is 53.0 Å². The Morgan fingerprint density at radius 1 is 1.23 bits per heavy atom. The molecule has 2 heterocycles. The van der Waals surface area contributed by atoms with Crippen molar-refractivity contribution < 1.29 is 9.59 Å². The minimum Gasteiger partial charge on any atom is -0.349 e. The van der Waals surface area contributed by atoms with Crippen molar-refractivity contribution in [3.63, 3.8) is 0 Å². The molecule has 0 spiro atoms. The summed E-state index contributed by atoms with van der Waals surface area (Å²) in [7, 11) is 0. The molecule has 2 rings (SSSR count). The number of amides is 2. The third-order valence-corrected chi connectivity index (χ3v) is 4.11. The van der Waals surface area contributed by atoms with Crippen LogP contribution in [-0.2, 0) is 13.0 Å². The number of hydrogen-bond acceptors (Lipinski definition) is 3. The molecule has 1 aliphatic rings. The number of rotatable bonds is 6. The highest BCUT2D eigenvalue weighted by Crippen LogP contribution is 2.22. The molecule has 1 aromatic rings. The van der Waals surface area contributed by atoms with Crippen LogP contribution in [0.2, 0.25) is 0 Å². The van der Waals surface area contributed by atoms with Crippen LogP contribution in [0.15, 0.2) is 0 Å². The average molecular weight is 306 g/mol. The number of nitrogens with zero attached hydrogens (tertiary/aromatic N) is 3. The fourth-order valence-electron chi connectivity index (χ4n) is 2.87. The van der Waals surface area contributed by atoms with E-state index in [1.165, 1.54) is 0 Å². The molecular formula is C16H26N4O2. The summed E-state index contributed by atoms with van der Waals surface area (Å²) in [5.74, 6) is 0.146. The van der Waals surface area contributed by atoms with Crippen molar-refractivity contribution in [3.8, 4) is 0 Å². The molecule has 1 aliphatic heterocycles. The zero-order valence-electron chi connectivity index (χ0n) is 13.8. The summed E-state index contributed by atoms with van der Waals surface area (Å²) in [6.45, 7) is 8.62. The van der Waals surface area contributed by atoms with Crippen LogP contribution in [0.5, 0.6) is 0 Å². The summed E-state index contributed by atoms with van der Waals surface area (Å²) in [5.41, 5.74) is 1.38. The van der Waals surface area contributed by atoms with Gasteiger partial charge in [0.1, 0.15) is 5.69 Å². The Hall–Kier alpha value is -1.85. The lowest BCUT2D eigenvalue weighted by Gasteiger charge is -2.20. The van der Waals surface area contributed by atoms with Gasteiger partial charge in [0.05, 0.1) is 5.69 Å².